The second-order valence-electron chi connectivity index (χ2n) is 23.5. The zero-order chi connectivity index (χ0) is 45.4. The number of carbonyl (C=O) groups is 5. The predicted molar refractivity (Wildman–Crippen MR) is 245 cm³/mol. The molecule has 5 saturated carbocycles. The van der Waals surface area contributed by atoms with Gasteiger partial charge in [0.25, 0.3) is 5.91 Å². The maximum absolute atomic E-state index is 14.1. The van der Waals surface area contributed by atoms with E-state index in [0.29, 0.717) is 80.0 Å². The van der Waals surface area contributed by atoms with Crippen LogP contribution in [-0.2, 0) is 23.9 Å². The standard InChI is InChI=1S/C53H77N3O7/c1-31(2)44-41(58)30-53(22-23-54-48(62)50(6,7)55-46(59)33-10-12-35(13-11-33)56-24-26-63-27-25-56)21-17-39-36(45(44)53)14-15-43-51(39,8)20-18-42-49(4,5)34(16-19-52(42,43)9)28-40(57)37-29-38(32(37)3)47(60)61/h10-13,31-32,34,36-39,42-43H,14-30H2,1-9H3,(H,54,62)(H,55,59)(H,60,61). The Bertz CT molecular complexity index is 2010. The van der Waals surface area contributed by atoms with Crippen LogP contribution >= 0.6 is 0 Å². The van der Waals surface area contributed by atoms with Gasteiger partial charge >= 0.3 is 5.97 Å². The van der Waals surface area contributed by atoms with Gasteiger partial charge in [-0.25, -0.2) is 0 Å². The molecule has 1 aliphatic heterocycles. The minimum absolute atomic E-state index is 0.0174. The summed E-state index contributed by atoms with van der Waals surface area (Å²) < 4.78 is 5.47. The molecule has 11 unspecified atom stereocenters. The van der Waals surface area contributed by atoms with Crippen LogP contribution in [0.15, 0.2) is 35.4 Å². The summed E-state index contributed by atoms with van der Waals surface area (Å²) in [6.07, 6.45) is 11.1. The summed E-state index contributed by atoms with van der Waals surface area (Å²) in [4.78, 5) is 68.9. The number of morpholine rings is 1. The van der Waals surface area contributed by atoms with Gasteiger partial charge in [0.15, 0.2) is 5.78 Å². The number of ether oxygens (including phenoxy) is 1. The first-order valence-electron chi connectivity index (χ1n) is 24.7. The van der Waals surface area contributed by atoms with Gasteiger partial charge in [0, 0.05) is 55.1 Å². The van der Waals surface area contributed by atoms with Crippen molar-refractivity contribution in [3.05, 3.63) is 41.0 Å². The zero-order valence-electron chi connectivity index (χ0n) is 39.9. The van der Waals surface area contributed by atoms with E-state index in [9.17, 15) is 29.1 Å². The Morgan fingerprint density at radius 3 is 2.22 bits per heavy atom. The van der Waals surface area contributed by atoms with Crippen molar-refractivity contribution in [1.29, 1.82) is 0 Å². The monoisotopic (exact) mass is 868 g/mol. The molecule has 1 heterocycles. The molecule has 6 fully saturated rings. The average Bonchev–Trinajstić information content (AvgIpc) is 3.53. The molecule has 0 aromatic heterocycles. The molecule has 10 nitrogen and oxygen atoms in total. The van der Waals surface area contributed by atoms with Gasteiger partial charge in [0.1, 0.15) is 11.3 Å². The Morgan fingerprint density at radius 2 is 1.57 bits per heavy atom. The van der Waals surface area contributed by atoms with Crippen molar-refractivity contribution >= 4 is 35.0 Å². The maximum atomic E-state index is 14.1. The van der Waals surface area contributed by atoms with Crippen molar-refractivity contribution in [2.24, 2.45) is 74.9 Å². The van der Waals surface area contributed by atoms with E-state index in [-0.39, 0.29) is 62.9 Å². The van der Waals surface area contributed by atoms with Gasteiger partial charge in [-0.2, -0.15) is 0 Å². The Labute approximate surface area is 376 Å². The molecule has 2 amide bonds. The van der Waals surface area contributed by atoms with E-state index in [1.165, 1.54) is 12.0 Å². The van der Waals surface area contributed by atoms with E-state index in [2.05, 4.69) is 57.1 Å². The molecular weight excluding hydrogens is 791 g/mol. The summed E-state index contributed by atoms with van der Waals surface area (Å²) in [6.45, 7) is 23.3. The second kappa shape index (κ2) is 16.7. The minimum atomic E-state index is -1.13. The molecule has 3 N–H and O–H groups in total. The zero-order valence-corrected chi connectivity index (χ0v) is 39.9. The Morgan fingerprint density at radius 1 is 0.889 bits per heavy atom. The summed E-state index contributed by atoms with van der Waals surface area (Å²) in [5, 5.41) is 15.7. The molecule has 10 heteroatoms. The summed E-state index contributed by atoms with van der Waals surface area (Å²) >= 11 is 0. The van der Waals surface area contributed by atoms with Gasteiger partial charge in [-0.05, 0) is 166 Å². The first-order chi connectivity index (χ1) is 29.6. The van der Waals surface area contributed by atoms with Crippen molar-refractivity contribution in [2.45, 2.75) is 145 Å². The smallest absolute Gasteiger partial charge is 0.306 e. The van der Waals surface area contributed by atoms with E-state index in [1.54, 1.807) is 13.8 Å². The normalized spacial score (nSPS) is 37.2. The number of ketones is 2. The number of allylic oxidation sites excluding steroid dienone is 2. The van der Waals surface area contributed by atoms with Crippen LogP contribution in [-0.4, -0.2) is 72.8 Å². The lowest BCUT2D eigenvalue weighted by Crippen LogP contribution is -2.62. The van der Waals surface area contributed by atoms with E-state index >= 15 is 0 Å². The van der Waals surface area contributed by atoms with E-state index < -0.39 is 11.5 Å². The Balaban J connectivity index is 0.930. The molecule has 11 atom stereocenters. The predicted octanol–water partition coefficient (Wildman–Crippen LogP) is 9.06. The average molecular weight is 868 g/mol. The molecule has 346 valence electrons. The fourth-order valence-corrected chi connectivity index (χ4v) is 15.8. The van der Waals surface area contributed by atoms with Gasteiger partial charge in [-0.1, -0.05) is 54.0 Å². The third-order valence-corrected chi connectivity index (χ3v) is 19.3. The first-order valence-corrected chi connectivity index (χ1v) is 24.7. The SMILES string of the molecule is CC(C)C1=C2C3CCC4C(C)(CCC5C(C)(C)C(CC(=O)C6CC(C(=O)O)C6C)CCC54C)C3CCC2(CCNC(=O)C(C)(C)NC(=O)c2ccc(N3CCOCC3)cc2)CC1=O. The quantitative estimate of drug-likeness (QED) is 0.189. The number of fused-ring (bicyclic) bond motifs is 7. The lowest BCUT2D eigenvalue weighted by Gasteiger charge is -2.69. The molecule has 1 aromatic carbocycles. The maximum Gasteiger partial charge on any atom is 0.306 e. The molecule has 1 saturated heterocycles. The molecule has 0 spiro atoms. The number of carbonyl (C=O) groups excluding carboxylic acids is 4. The molecule has 0 bridgehead atoms. The number of nitrogens with one attached hydrogen (secondary N) is 2. The number of carboxylic acid groups (broad SMARTS) is 1. The molecule has 7 aliphatic rings. The molecule has 1 aromatic rings. The number of anilines is 1. The number of hydrogen-bond donors (Lipinski definition) is 3. The minimum Gasteiger partial charge on any atom is -0.481 e. The van der Waals surface area contributed by atoms with Gasteiger partial charge < -0.3 is 25.4 Å². The number of nitrogens with zero attached hydrogens (tertiary/aromatic N) is 1. The number of carboxylic acids is 1. The lowest BCUT2D eigenvalue weighted by atomic mass is 9.35. The van der Waals surface area contributed by atoms with Crippen LogP contribution in [0.4, 0.5) is 5.69 Å². The number of hydrogen-bond acceptors (Lipinski definition) is 7. The number of amides is 2. The number of rotatable bonds is 12. The van der Waals surface area contributed by atoms with Crippen LogP contribution in [0.25, 0.3) is 0 Å². The van der Waals surface area contributed by atoms with E-state index in [1.807, 2.05) is 31.2 Å². The number of aliphatic carboxylic acids is 1. The summed E-state index contributed by atoms with van der Waals surface area (Å²) in [7, 11) is 0. The van der Waals surface area contributed by atoms with Gasteiger partial charge in [0.05, 0.1) is 19.1 Å². The van der Waals surface area contributed by atoms with E-state index in [0.717, 1.165) is 75.7 Å². The molecular formula is C53H77N3O7. The van der Waals surface area contributed by atoms with Crippen LogP contribution in [0.5, 0.6) is 0 Å². The summed E-state index contributed by atoms with van der Waals surface area (Å²) in [6, 6.07) is 7.53. The Hall–Kier alpha value is -3.53. The summed E-state index contributed by atoms with van der Waals surface area (Å²) in [5.41, 5.74) is 3.02. The van der Waals surface area contributed by atoms with Crippen LogP contribution in [0.2, 0.25) is 0 Å². The molecule has 63 heavy (non-hydrogen) atoms. The van der Waals surface area contributed by atoms with Crippen LogP contribution < -0.4 is 15.5 Å². The van der Waals surface area contributed by atoms with Gasteiger partial charge in [-0.15, -0.1) is 0 Å². The fraction of sp³-hybridized carbons (Fsp3) is 0.755. The van der Waals surface area contributed by atoms with Crippen molar-refractivity contribution in [1.82, 2.24) is 10.6 Å². The third kappa shape index (κ3) is 7.81. The highest BCUT2D eigenvalue weighted by Gasteiger charge is 2.66. The highest BCUT2D eigenvalue weighted by molar-refractivity contribution is 6.01. The van der Waals surface area contributed by atoms with Crippen LogP contribution in [0.1, 0.15) is 150 Å². The van der Waals surface area contributed by atoms with Gasteiger partial charge in [0.2, 0.25) is 5.91 Å². The molecule has 8 rings (SSSR count). The van der Waals surface area contributed by atoms with Crippen LogP contribution in [0, 0.1) is 74.9 Å². The highest BCUT2D eigenvalue weighted by atomic mass is 16.5. The number of benzene rings is 1. The van der Waals surface area contributed by atoms with Crippen LogP contribution in [0.3, 0.4) is 0 Å². The number of Topliss-reactive ketones (excluding diaryl/α,β-unsaturated/α-hetero) is 2. The van der Waals surface area contributed by atoms with Crippen molar-refractivity contribution in [2.75, 3.05) is 37.7 Å². The first kappa shape index (κ1) is 46.0. The highest BCUT2D eigenvalue weighted by Crippen LogP contribution is 2.74. The molecule has 6 aliphatic carbocycles. The van der Waals surface area contributed by atoms with Crippen molar-refractivity contribution in [3.63, 3.8) is 0 Å². The van der Waals surface area contributed by atoms with Crippen molar-refractivity contribution in [3.8, 4) is 0 Å². The molecule has 0 radical (unpaired) electrons. The largest absolute Gasteiger partial charge is 0.481 e. The second-order valence-corrected chi connectivity index (χ2v) is 23.5. The van der Waals surface area contributed by atoms with E-state index in [4.69, 9.17) is 4.74 Å². The third-order valence-electron chi connectivity index (χ3n) is 19.3. The lowest BCUT2D eigenvalue weighted by molar-refractivity contribution is -0.193. The topological polar surface area (TPSA) is 142 Å². The summed E-state index contributed by atoms with van der Waals surface area (Å²) in [5.74, 6) is 1.17. The van der Waals surface area contributed by atoms with Gasteiger partial charge in [-0.3, -0.25) is 24.0 Å². The fourth-order valence-electron chi connectivity index (χ4n) is 15.8. The Kier molecular flexibility index (Phi) is 12.2. The van der Waals surface area contributed by atoms with Crippen molar-refractivity contribution < 1.29 is 33.8 Å².